The normalized spacial score (nSPS) is 14.9. The first-order chi connectivity index (χ1) is 9.29. The molecule has 0 saturated heterocycles. The zero-order valence-electron chi connectivity index (χ0n) is 11.9. The van der Waals surface area contributed by atoms with E-state index in [0.29, 0.717) is 12.5 Å². The van der Waals surface area contributed by atoms with Gasteiger partial charge in [-0.25, -0.2) is 4.98 Å². The van der Waals surface area contributed by atoms with Crippen molar-refractivity contribution in [3.8, 4) is 5.88 Å². The summed E-state index contributed by atoms with van der Waals surface area (Å²) in [5.41, 5.74) is 0.955. The van der Waals surface area contributed by atoms with E-state index in [9.17, 15) is 0 Å². The van der Waals surface area contributed by atoms with E-state index in [0.717, 1.165) is 37.8 Å². The second-order valence-corrected chi connectivity index (χ2v) is 5.08. The van der Waals surface area contributed by atoms with Gasteiger partial charge in [-0.3, -0.25) is 4.98 Å². The van der Waals surface area contributed by atoms with Crippen molar-refractivity contribution in [1.29, 1.82) is 0 Å². The lowest BCUT2D eigenvalue weighted by Gasteiger charge is -2.15. The highest BCUT2D eigenvalue weighted by Crippen LogP contribution is 2.24. The number of nitrogens with one attached hydrogen (secondary N) is 1. The predicted octanol–water partition coefficient (Wildman–Crippen LogP) is 1.45. The monoisotopic (exact) mass is 264 g/mol. The molecule has 1 saturated carbocycles. The summed E-state index contributed by atoms with van der Waals surface area (Å²) in [6.45, 7) is 5.55. The van der Waals surface area contributed by atoms with Gasteiger partial charge in [-0.2, -0.15) is 0 Å². The lowest BCUT2D eigenvalue weighted by Crippen LogP contribution is -2.26. The van der Waals surface area contributed by atoms with E-state index in [2.05, 4.69) is 34.2 Å². The van der Waals surface area contributed by atoms with Crippen LogP contribution in [-0.4, -0.2) is 47.7 Å². The molecule has 1 aliphatic rings. The number of hydrogen-bond acceptors (Lipinski definition) is 5. The number of nitrogens with zero attached hydrogens (tertiary/aromatic N) is 3. The molecule has 0 unspecified atom stereocenters. The van der Waals surface area contributed by atoms with Crippen LogP contribution in [0.3, 0.4) is 0 Å². The van der Waals surface area contributed by atoms with Crippen molar-refractivity contribution >= 4 is 0 Å². The van der Waals surface area contributed by atoms with Crippen LogP contribution in [-0.2, 0) is 6.54 Å². The van der Waals surface area contributed by atoms with Crippen LogP contribution in [0.2, 0.25) is 0 Å². The molecule has 0 aromatic carbocycles. The highest BCUT2D eigenvalue weighted by Gasteiger charge is 2.25. The van der Waals surface area contributed by atoms with E-state index in [1.165, 1.54) is 12.8 Å². The van der Waals surface area contributed by atoms with Crippen molar-refractivity contribution in [2.45, 2.75) is 38.8 Å². The van der Waals surface area contributed by atoms with E-state index in [4.69, 9.17) is 4.74 Å². The largest absolute Gasteiger partial charge is 0.475 e. The van der Waals surface area contributed by atoms with Crippen LogP contribution in [0, 0.1) is 0 Å². The lowest BCUT2D eigenvalue weighted by molar-refractivity contribution is 0.225. The van der Waals surface area contributed by atoms with Crippen molar-refractivity contribution in [1.82, 2.24) is 20.2 Å². The van der Waals surface area contributed by atoms with Gasteiger partial charge in [-0.1, -0.05) is 6.92 Å². The Morgan fingerprint density at radius 1 is 1.37 bits per heavy atom. The summed E-state index contributed by atoms with van der Waals surface area (Å²) in [6, 6.07) is 0.779. The van der Waals surface area contributed by atoms with Gasteiger partial charge in [0.15, 0.2) is 0 Å². The summed E-state index contributed by atoms with van der Waals surface area (Å²) in [7, 11) is 2.15. The standard InChI is InChI=1S/C14H24N4O/c1-3-6-15-9-12-10-17-14(11-16-12)19-8-7-18(2)13-4-5-13/h10-11,13,15H,3-9H2,1-2H3. The van der Waals surface area contributed by atoms with Crippen LogP contribution in [0.1, 0.15) is 31.9 Å². The maximum atomic E-state index is 5.60. The zero-order valence-corrected chi connectivity index (χ0v) is 11.9. The molecular weight excluding hydrogens is 240 g/mol. The Balaban J connectivity index is 1.66. The van der Waals surface area contributed by atoms with E-state index in [1.807, 2.05) is 0 Å². The molecule has 1 N–H and O–H groups in total. The maximum Gasteiger partial charge on any atom is 0.232 e. The minimum atomic E-state index is 0.614. The van der Waals surface area contributed by atoms with E-state index in [1.54, 1.807) is 12.4 Å². The molecule has 19 heavy (non-hydrogen) atoms. The Hall–Kier alpha value is -1.20. The molecule has 0 atom stereocenters. The molecule has 1 aromatic rings. The predicted molar refractivity (Wildman–Crippen MR) is 75.2 cm³/mol. The molecule has 5 heteroatoms. The Morgan fingerprint density at radius 3 is 2.84 bits per heavy atom. The molecule has 106 valence electrons. The molecule has 0 bridgehead atoms. The minimum Gasteiger partial charge on any atom is -0.475 e. The molecule has 5 nitrogen and oxygen atoms in total. The van der Waals surface area contributed by atoms with Crippen LogP contribution in [0.4, 0.5) is 0 Å². The first-order valence-corrected chi connectivity index (χ1v) is 7.14. The van der Waals surface area contributed by atoms with Gasteiger partial charge in [-0.05, 0) is 32.9 Å². The summed E-state index contributed by atoms with van der Waals surface area (Å²) in [5.74, 6) is 0.614. The van der Waals surface area contributed by atoms with Crippen molar-refractivity contribution < 1.29 is 4.74 Å². The summed E-state index contributed by atoms with van der Waals surface area (Å²) in [6.07, 6.45) is 7.28. The molecule has 0 spiro atoms. The third-order valence-corrected chi connectivity index (χ3v) is 3.28. The maximum absolute atomic E-state index is 5.60. The average molecular weight is 264 g/mol. The molecule has 0 radical (unpaired) electrons. The van der Waals surface area contributed by atoms with Crippen LogP contribution in [0.15, 0.2) is 12.4 Å². The molecule has 1 heterocycles. The summed E-state index contributed by atoms with van der Waals surface area (Å²) >= 11 is 0. The first kappa shape index (κ1) is 14.2. The van der Waals surface area contributed by atoms with Crippen molar-refractivity contribution in [3.05, 3.63) is 18.1 Å². The van der Waals surface area contributed by atoms with Gasteiger partial charge in [0, 0.05) is 19.1 Å². The Kier molecular flexibility index (Phi) is 5.54. The summed E-state index contributed by atoms with van der Waals surface area (Å²) in [4.78, 5) is 10.9. The van der Waals surface area contributed by atoms with Gasteiger partial charge >= 0.3 is 0 Å². The van der Waals surface area contributed by atoms with Gasteiger partial charge < -0.3 is 15.0 Å². The molecule has 1 fully saturated rings. The molecule has 1 aliphatic carbocycles. The Morgan fingerprint density at radius 2 is 2.21 bits per heavy atom. The SMILES string of the molecule is CCCNCc1cnc(OCCN(C)C2CC2)cn1. The third kappa shape index (κ3) is 5.12. The number of ether oxygens (including phenoxy) is 1. The van der Waals surface area contributed by atoms with E-state index >= 15 is 0 Å². The summed E-state index contributed by atoms with van der Waals surface area (Å²) in [5, 5.41) is 3.30. The van der Waals surface area contributed by atoms with E-state index < -0.39 is 0 Å². The van der Waals surface area contributed by atoms with E-state index in [-0.39, 0.29) is 0 Å². The minimum absolute atomic E-state index is 0.614. The molecule has 2 rings (SSSR count). The smallest absolute Gasteiger partial charge is 0.232 e. The topological polar surface area (TPSA) is 50.3 Å². The second-order valence-electron chi connectivity index (χ2n) is 5.08. The van der Waals surface area contributed by atoms with Crippen LogP contribution >= 0.6 is 0 Å². The van der Waals surface area contributed by atoms with Crippen LogP contribution in [0.5, 0.6) is 5.88 Å². The summed E-state index contributed by atoms with van der Waals surface area (Å²) < 4.78 is 5.60. The number of aromatic nitrogens is 2. The van der Waals surface area contributed by atoms with Crippen LogP contribution in [0.25, 0.3) is 0 Å². The lowest BCUT2D eigenvalue weighted by atomic mass is 10.4. The highest BCUT2D eigenvalue weighted by molar-refractivity contribution is 5.07. The molecule has 0 aliphatic heterocycles. The quantitative estimate of drug-likeness (QED) is 0.684. The van der Waals surface area contributed by atoms with Crippen molar-refractivity contribution in [2.24, 2.45) is 0 Å². The highest BCUT2D eigenvalue weighted by atomic mass is 16.5. The molecular formula is C14H24N4O. The average Bonchev–Trinajstić information content (AvgIpc) is 3.25. The van der Waals surface area contributed by atoms with Crippen molar-refractivity contribution in [2.75, 3.05) is 26.7 Å². The Labute approximate surface area is 115 Å². The van der Waals surface area contributed by atoms with Gasteiger partial charge in [0.05, 0.1) is 18.1 Å². The van der Waals surface area contributed by atoms with Crippen molar-refractivity contribution in [3.63, 3.8) is 0 Å². The van der Waals surface area contributed by atoms with Gasteiger partial charge in [-0.15, -0.1) is 0 Å². The van der Waals surface area contributed by atoms with Crippen LogP contribution < -0.4 is 10.1 Å². The molecule has 1 aromatic heterocycles. The van der Waals surface area contributed by atoms with Gasteiger partial charge in [0.1, 0.15) is 6.61 Å². The number of likely N-dealkylation sites (N-methyl/N-ethyl adjacent to an activating group) is 1. The second kappa shape index (κ2) is 7.40. The number of rotatable bonds is 9. The third-order valence-electron chi connectivity index (χ3n) is 3.28. The Bertz CT molecular complexity index is 364. The van der Waals surface area contributed by atoms with Gasteiger partial charge in [0.2, 0.25) is 5.88 Å². The molecule has 0 amide bonds. The fourth-order valence-corrected chi connectivity index (χ4v) is 1.89. The number of hydrogen-bond donors (Lipinski definition) is 1. The zero-order chi connectivity index (χ0) is 13.5. The van der Waals surface area contributed by atoms with Gasteiger partial charge in [0.25, 0.3) is 0 Å². The first-order valence-electron chi connectivity index (χ1n) is 7.14. The fourth-order valence-electron chi connectivity index (χ4n) is 1.89. The fraction of sp³-hybridized carbons (Fsp3) is 0.714.